The van der Waals surface area contributed by atoms with Crippen LogP contribution >= 0.6 is 11.3 Å². The van der Waals surface area contributed by atoms with Crippen molar-refractivity contribution < 1.29 is 19.0 Å². The number of hydrogen-bond acceptors (Lipinski definition) is 6. The number of methoxy groups -OCH3 is 1. The fourth-order valence-corrected chi connectivity index (χ4v) is 3.85. The van der Waals surface area contributed by atoms with Crippen LogP contribution in [0.15, 0.2) is 36.1 Å². The van der Waals surface area contributed by atoms with Crippen LogP contribution in [0, 0.1) is 6.92 Å². The number of aryl methyl sites for hydroxylation is 1. The second-order valence-electron chi connectivity index (χ2n) is 6.74. The lowest BCUT2D eigenvalue weighted by Gasteiger charge is -2.22. The quantitative estimate of drug-likeness (QED) is 0.555. The van der Waals surface area contributed by atoms with Crippen LogP contribution in [0.25, 0.3) is 16.1 Å². The highest BCUT2D eigenvalue weighted by atomic mass is 32.1. The Bertz CT molecular complexity index is 843. The molecule has 0 bridgehead atoms. The van der Waals surface area contributed by atoms with Gasteiger partial charge < -0.3 is 19.5 Å². The number of nitrogens with one attached hydrogen (secondary N) is 1. The monoisotopic (exact) mass is 388 g/mol. The number of carbonyl (C=O) groups excluding carboxylic acids is 1. The van der Waals surface area contributed by atoms with Gasteiger partial charge in [0.1, 0.15) is 16.3 Å². The first-order chi connectivity index (χ1) is 12.9. The van der Waals surface area contributed by atoms with Gasteiger partial charge in [-0.15, -0.1) is 11.3 Å². The third-order valence-corrected chi connectivity index (χ3v) is 5.24. The standard InChI is InChI=1S/C20H24N2O4S/c1-13-16(21-19(27-13)14-8-6-5-7-9-14)15-17(20(2,3)22-18(15)23)26-12-25-11-10-24-4/h5-9H,10-12H2,1-4H3,(H,22,23). The second kappa shape index (κ2) is 8.21. The predicted octanol–water partition coefficient (Wildman–Crippen LogP) is 3.38. The fourth-order valence-electron chi connectivity index (χ4n) is 2.92. The average Bonchev–Trinajstić information content (AvgIpc) is 3.12. The number of rotatable bonds is 8. The van der Waals surface area contributed by atoms with Crippen LogP contribution in [0.2, 0.25) is 0 Å². The maximum atomic E-state index is 12.7. The smallest absolute Gasteiger partial charge is 0.257 e. The minimum absolute atomic E-state index is 0.0509. The van der Waals surface area contributed by atoms with Crippen LogP contribution in [0.4, 0.5) is 0 Å². The van der Waals surface area contributed by atoms with Gasteiger partial charge >= 0.3 is 0 Å². The molecule has 2 aromatic rings. The van der Waals surface area contributed by atoms with E-state index in [2.05, 4.69) is 5.32 Å². The van der Waals surface area contributed by atoms with Crippen LogP contribution in [0.3, 0.4) is 0 Å². The molecule has 144 valence electrons. The molecule has 27 heavy (non-hydrogen) atoms. The van der Waals surface area contributed by atoms with E-state index in [1.54, 1.807) is 18.4 Å². The Hall–Kier alpha value is -2.22. The minimum atomic E-state index is -0.625. The molecule has 0 spiro atoms. The lowest BCUT2D eigenvalue weighted by atomic mass is 10.0. The number of ether oxygens (including phenoxy) is 3. The van der Waals surface area contributed by atoms with Crippen molar-refractivity contribution in [1.29, 1.82) is 0 Å². The Morgan fingerprint density at radius 1 is 1.19 bits per heavy atom. The zero-order valence-electron chi connectivity index (χ0n) is 16.0. The van der Waals surface area contributed by atoms with Gasteiger partial charge in [0.2, 0.25) is 0 Å². The predicted molar refractivity (Wildman–Crippen MR) is 105 cm³/mol. The van der Waals surface area contributed by atoms with Gasteiger partial charge in [-0.1, -0.05) is 30.3 Å². The van der Waals surface area contributed by atoms with Gasteiger partial charge in [0.15, 0.2) is 6.79 Å². The molecule has 0 saturated heterocycles. The number of thiazole rings is 1. The number of aromatic nitrogens is 1. The average molecular weight is 388 g/mol. The zero-order valence-corrected chi connectivity index (χ0v) is 16.8. The molecule has 2 heterocycles. The third-order valence-electron chi connectivity index (χ3n) is 4.22. The highest BCUT2D eigenvalue weighted by Gasteiger charge is 2.42. The van der Waals surface area contributed by atoms with E-state index >= 15 is 0 Å². The van der Waals surface area contributed by atoms with Crippen molar-refractivity contribution in [3.05, 3.63) is 46.7 Å². The Morgan fingerprint density at radius 2 is 1.93 bits per heavy atom. The summed E-state index contributed by atoms with van der Waals surface area (Å²) in [6.07, 6.45) is 0. The van der Waals surface area contributed by atoms with Crippen molar-refractivity contribution in [3.63, 3.8) is 0 Å². The lowest BCUT2D eigenvalue weighted by Crippen LogP contribution is -2.39. The van der Waals surface area contributed by atoms with Crippen molar-refractivity contribution in [1.82, 2.24) is 10.3 Å². The molecule has 1 N–H and O–H groups in total. The van der Waals surface area contributed by atoms with Gasteiger partial charge in [-0.05, 0) is 20.8 Å². The van der Waals surface area contributed by atoms with Gasteiger partial charge in [-0.3, -0.25) is 4.79 Å². The summed E-state index contributed by atoms with van der Waals surface area (Å²) in [6.45, 7) is 6.74. The summed E-state index contributed by atoms with van der Waals surface area (Å²) in [7, 11) is 1.61. The Morgan fingerprint density at radius 3 is 2.63 bits per heavy atom. The summed E-state index contributed by atoms with van der Waals surface area (Å²) in [5, 5.41) is 3.85. The molecular formula is C20H24N2O4S. The highest BCUT2D eigenvalue weighted by Crippen LogP contribution is 2.38. The summed E-state index contributed by atoms with van der Waals surface area (Å²) < 4.78 is 16.2. The summed E-state index contributed by atoms with van der Waals surface area (Å²) >= 11 is 1.56. The van der Waals surface area contributed by atoms with E-state index < -0.39 is 5.54 Å². The van der Waals surface area contributed by atoms with Gasteiger partial charge in [0.05, 0.1) is 24.4 Å². The SMILES string of the molecule is COCCOCOC1=C(c2nc(-c3ccccc3)sc2C)C(=O)NC1(C)C. The first-order valence-corrected chi connectivity index (χ1v) is 9.55. The Balaban J connectivity index is 1.92. The van der Waals surface area contributed by atoms with Crippen molar-refractivity contribution in [3.8, 4) is 10.6 Å². The summed E-state index contributed by atoms with van der Waals surface area (Å²) in [4.78, 5) is 18.4. The van der Waals surface area contributed by atoms with E-state index in [4.69, 9.17) is 19.2 Å². The molecule has 0 unspecified atom stereocenters. The summed E-state index contributed by atoms with van der Waals surface area (Å²) in [5.41, 5.74) is 1.54. The van der Waals surface area contributed by atoms with E-state index in [0.29, 0.717) is 30.2 Å². The van der Waals surface area contributed by atoms with Crippen LogP contribution < -0.4 is 5.32 Å². The Labute approximate surface area is 163 Å². The molecule has 0 fully saturated rings. The zero-order chi connectivity index (χ0) is 19.4. The number of nitrogens with zero attached hydrogens (tertiary/aromatic N) is 1. The van der Waals surface area contributed by atoms with Crippen LogP contribution in [-0.4, -0.2) is 43.5 Å². The van der Waals surface area contributed by atoms with Gasteiger partial charge in [0, 0.05) is 17.6 Å². The van der Waals surface area contributed by atoms with Crippen molar-refractivity contribution in [2.45, 2.75) is 26.3 Å². The van der Waals surface area contributed by atoms with E-state index in [-0.39, 0.29) is 12.7 Å². The van der Waals surface area contributed by atoms with Gasteiger partial charge in [0.25, 0.3) is 5.91 Å². The molecule has 0 atom stereocenters. The van der Waals surface area contributed by atoms with E-state index in [9.17, 15) is 4.79 Å². The van der Waals surface area contributed by atoms with Gasteiger partial charge in [-0.25, -0.2) is 4.98 Å². The molecule has 6 nitrogen and oxygen atoms in total. The molecule has 1 amide bonds. The maximum absolute atomic E-state index is 12.7. The molecule has 1 aliphatic heterocycles. The van der Waals surface area contributed by atoms with E-state index in [0.717, 1.165) is 15.4 Å². The maximum Gasteiger partial charge on any atom is 0.257 e. The fraction of sp³-hybridized carbons (Fsp3) is 0.400. The first-order valence-electron chi connectivity index (χ1n) is 8.74. The molecule has 1 aliphatic rings. The summed E-state index contributed by atoms with van der Waals surface area (Å²) in [6, 6.07) is 9.94. The van der Waals surface area contributed by atoms with Crippen LogP contribution in [0.1, 0.15) is 24.4 Å². The largest absolute Gasteiger partial charge is 0.468 e. The molecule has 0 saturated carbocycles. The van der Waals surface area contributed by atoms with Crippen LogP contribution in [-0.2, 0) is 19.0 Å². The van der Waals surface area contributed by atoms with E-state index in [1.807, 2.05) is 51.1 Å². The first kappa shape index (κ1) is 19.5. The van der Waals surface area contributed by atoms with Crippen molar-refractivity contribution in [2.75, 3.05) is 27.1 Å². The third kappa shape index (κ3) is 4.21. The van der Waals surface area contributed by atoms with Crippen molar-refractivity contribution in [2.24, 2.45) is 0 Å². The number of hydrogen-bond donors (Lipinski definition) is 1. The number of carbonyl (C=O) groups is 1. The molecule has 0 radical (unpaired) electrons. The van der Waals surface area contributed by atoms with Gasteiger partial charge in [-0.2, -0.15) is 0 Å². The van der Waals surface area contributed by atoms with Crippen LogP contribution in [0.5, 0.6) is 0 Å². The van der Waals surface area contributed by atoms with Crippen molar-refractivity contribution >= 4 is 22.8 Å². The topological polar surface area (TPSA) is 69.7 Å². The molecular weight excluding hydrogens is 364 g/mol. The number of amides is 1. The molecule has 1 aromatic heterocycles. The minimum Gasteiger partial charge on any atom is -0.468 e. The summed E-state index contributed by atoms with van der Waals surface area (Å²) in [5.74, 6) is 0.373. The lowest BCUT2D eigenvalue weighted by molar-refractivity contribution is -0.116. The molecule has 1 aromatic carbocycles. The highest BCUT2D eigenvalue weighted by molar-refractivity contribution is 7.15. The molecule has 7 heteroatoms. The van der Waals surface area contributed by atoms with E-state index in [1.165, 1.54) is 0 Å². The molecule has 3 rings (SSSR count). The molecule has 0 aliphatic carbocycles. The second-order valence-corrected chi connectivity index (χ2v) is 7.94. The normalized spacial score (nSPS) is 15.9. The Kier molecular flexibility index (Phi) is 5.94. The number of benzene rings is 1.